The van der Waals surface area contributed by atoms with Gasteiger partial charge in [0, 0.05) is 19.2 Å². The molecule has 0 saturated carbocycles. The van der Waals surface area contributed by atoms with Crippen LogP contribution >= 0.6 is 0 Å². The van der Waals surface area contributed by atoms with Crippen molar-refractivity contribution in [2.24, 2.45) is 5.92 Å². The summed E-state index contributed by atoms with van der Waals surface area (Å²) >= 11 is 0. The van der Waals surface area contributed by atoms with Crippen molar-refractivity contribution in [2.75, 3.05) is 26.8 Å². The zero-order valence-corrected chi connectivity index (χ0v) is 15.1. The van der Waals surface area contributed by atoms with Gasteiger partial charge in [0.25, 0.3) is 0 Å². The molecule has 1 amide bonds. The first-order valence-corrected chi connectivity index (χ1v) is 8.88. The van der Waals surface area contributed by atoms with E-state index in [2.05, 4.69) is 13.8 Å². The summed E-state index contributed by atoms with van der Waals surface area (Å²) in [7, 11) is 1.64. The highest BCUT2D eigenvalue weighted by Gasteiger charge is 2.13. The molecule has 2 rings (SSSR count). The van der Waals surface area contributed by atoms with Crippen molar-refractivity contribution in [3.8, 4) is 11.5 Å². The van der Waals surface area contributed by atoms with Crippen LogP contribution in [-0.2, 0) is 4.79 Å². The number of likely N-dealkylation sites (tertiary alicyclic amines) is 1. The number of rotatable bonds is 7. The molecule has 0 unspecified atom stereocenters. The molecule has 4 nitrogen and oxygen atoms in total. The summed E-state index contributed by atoms with van der Waals surface area (Å²) in [6, 6.07) is 5.77. The van der Waals surface area contributed by atoms with Gasteiger partial charge in [0.2, 0.25) is 5.91 Å². The maximum Gasteiger partial charge on any atom is 0.246 e. The molecule has 0 aliphatic carbocycles. The predicted molar refractivity (Wildman–Crippen MR) is 97.4 cm³/mol. The zero-order valence-electron chi connectivity index (χ0n) is 15.1. The Kier molecular flexibility index (Phi) is 7.16. The van der Waals surface area contributed by atoms with E-state index in [-0.39, 0.29) is 5.91 Å². The van der Waals surface area contributed by atoms with E-state index in [0.717, 1.165) is 43.7 Å². The van der Waals surface area contributed by atoms with Crippen molar-refractivity contribution in [2.45, 2.75) is 39.5 Å². The molecule has 0 bridgehead atoms. The van der Waals surface area contributed by atoms with Crippen LogP contribution in [0, 0.1) is 5.92 Å². The Balaban J connectivity index is 1.97. The smallest absolute Gasteiger partial charge is 0.246 e. The van der Waals surface area contributed by atoms with E-state index in [1.54, 1.807) is 13.2 Å². The lowest BCUT2D eigenvalue weighted by molar-refractivity contribution is -0.126. The third kappa shape index (κ3) is 5.59. The number of methoxy groups -OCH3 is 1. The van der Waals surface area contributed by atoms with E-state index in [4.69, 9.17) is 9.47 Å². The van der Waals surface area contributed by atoms with E-state index in [9.17, 15) is 4.79 Å². The number of benzene rings is 1. The molecule has 132 valence electrons. The van der Waals surface area contributed by atoms with Crippen LogP contribution in [-0.4, -0.2) is 37.6 Å². The fourth-order valence-corrected chi connectivity index (χ4v) is 2.70. The molecule has 1 heterocycles. The van der Waals surface area contributed by atoms with Crippen LogP contribution in [0.3, 0.4) is 0 Å². The highest BCUT2D eigenvalue weighted by atomic mass is 16.5. The Labute approximate surface area is 145 Å². The van der Waals surface area contributed by atoms with Crippen molar-refractivity contribution in [1.82, 2.24) is 4.90 Å². The Bertz CT molecular complexity index is 560. The van der Waals surface area contributed by atoms with Crippen LogP contribution in [0.15, 0.2) is 24.3 Å². The largest absolute Gasteiger partial charge is 0.493 e. The van der Waals surface area contributed by atoms with Crippen LogP contribution in [0.1, 0.15) is 45.1 Å². The minimum atomic E-state index is 0.0888. The number of nitrogens with zero attached hydrogens (tertiary/aromatic N) is 1. The normalized spacial score (nSPS) is 15.1. The molecule has 1 aromatic carbocycles. The molecule has 1 aliphatic heterocycles. The lowest BCUT2D eigenvalue weighted by Gasteiger charge is -2.25. The zero-order chi connectivity index (χ0) is 17.4. The van der Waals surface area contributed by atoms with Crippen LogP contribution in [0.25, 0.3) is 6.08 Å². The minimum absolute atomic E-state index is 0.0888. The van der Waals surface area contributed by atoms with Gasteiger partial charge in [0.1, 0.15) is 0 Å². The second-order valence-corrected chi connectivity index (χ2v) is 6.66. The summed E-state index contributed by atoms with van der Waals surface area (Å²) in [5.41, 5.74) is 0.938. The minimum Gasteiger partial charge on any atom is -0.493 e. The first kappa shape index (κ1) is 18.4. The summed E-state index contributed by atoms with van der Waals surface area (Å²) < 4.78 is 11.2. The Morgan fingerprint density at radius 1 is 1.21 bits per heavy atom. The van der Waals surface area contributed by atoms with Gasteiger partial charge >= 0.3 is 0 Å². The lowest BCUT2D eigenvalue weighted by Crippen LogP contribution is -2.34. The highest BCUT2D eigenvalue weighted by Crippen LogP contribution is 2.29. The van der Waals surface area contributed by atoms with Gasteiger partial charge in [0.05, 0.1) is 13.7 Å². The molecule has 1 aliphatic rings. The Morgan fingerprint density at radius 3 is 2.62 bits per heavy atom. The van der Waals surface area contributed by atoms with E-state index >= 15 is 0 Å². The number of hydrogen-bond acceptors (Lipinski definition) is 3. The average Bonchev–Trinajstić information content (AvgIpc) is 2.60. The fourth-order valence-electron chi connectivity index (χ4n) is 2.70. The summed E-state index contributed by atoms with van der Waals surface area (Å²) in [5.74, 6) is 2.15. The molecule has 0 radical (unpaired) electrons. The van der Waals surface area contributed by atoms with Crippen LogP contribution < -0.4 is 9.47 Å². The molecular weight excluding hydrogens is 302 g/mol. The van der Waals surface area contributed by atoms with Crippen LogP contribution in [0.2, 0.25) is 0 Å². The van der Waals surface area contributed by atoms with Gasteiger partial charge in [-0.25, -0.2) is 0 Å². The highest BCUT2D eigenvalue weighted by molar-refractivity contribution is 5.91. The van der Waals surface area contributed by atoms with Gasteiger partial charge in [-0.1, -0.05) is 19.9 Å². The van der Waals surface area contributed by atoms with Crippen molar-refractivity contribution >= 4 is 12.0 Å². The SMILES string of the molecule is COc1cc(/C=C/C(=O)N2CCCCC2)ccc1OCCC(C)C. The van der Waals surface area contributed by atoms with Crippen molar-refractivity contribution in [3.63, 3.8) is 0 Å². The Hall–Kier alpha value is -1.97. The molecule has 1 fully saturated rings. The van der Waals surface area contributed by atoms with Gasteiger partial charge < -0.3 is 14.4 Å². The molecule has 1 saturated heterocycles. The van der Waals surface area contributed by atoms with Gasteiger partial charge in [-0.2, -0.15) is 0 Å². The van der Waals surface area contributed by atoms with Gasteiger partial charge in [0.15, 0.2) is 11.5 Å². The van der Waals surface area contributed by atoms with Crippen molar-refractivity contribution < 1.29 is 14.3 Å². The molecule has 1 aromatic rings. The van der Waals surface area contributed by atoms with E-state index in [0.29, 0.717) is 18.3 Å². The van der Waals surface area contributed by atoms with Gasteiger partial charge in [-0.15, -0.1) is 0 Å². The maximum absolute atomic E-state index is 12.2. The van der Waals surface area contributed by atoms with Crippen LogP contribution in [0.5, 0.6) is 11.5 Å². The summed E-state index contributed by atoms with van der Waals surface area (Å²) in [6.07, 6.45) is 7.94. The van der Waals surface area contributed by atoms with Crippen LogP contribution in [0.4, 0.5) is 0 Å². The molecule has 0 N–H and O–H groups in total. The predicted octanol–water partition coefficient (Wildman–Crippen LogP) is 4.15. The maximum atomic E-state index is 12.2. The van der Waals surface area contributed by atoms with E-state index < -0.39 is 0 Å². The standard InChI is InChI=1S/C20H29NO3/c1-16(2)11-14-24-18-9-7-17(15-19(18)23-3)8-10-20(22)21-12-5-4-6-13-21/h7-10,15-16H,4-6,11-14H2,1-3H3/b10-8+. The van der Waals surface area contributed by atoms with Gasteiger partial charge in [-0.3, -0.25) is 4.79 Å². The Morgan fingerprint density at radius 2 is 1.96 bits per heavy atom. The number of piperidine rings is 1. The molecule has 0 aromatic heterocycles. The monoisotopic (exact) mass is 331 g/mol. The first-order chi connectivity index (χ1) is 11.6. The molecule has 4 heteroatoms. The number of ether oxygens (including phenoxy) is 2. The van der Waals surface area contributed by atoms with E-state index in [1.807, 2.05) is 29.2 Å². The molecule has 0 spiro atoms. The molecule has 24 heavy (non-hydrogen) atoms. The second kappa shape index (κ2) is 9.36. The summed E-state index contributed by atoms with van der Waals surface area (Å²) in [4.78, 5) is 14.1. The number of hydrogen-bond donors (Lipinski definition) is 0. The topological polar surface area (TPSA) is 38.8 Å². The summed E-state index contributed by atoms with van der Waals surface area (Å²) in [6.45, 7) is 6.77. The third-order valence-corrected chi connectivity index (χ3v) is 4.23. The van der Waals surface area contributed by atoms with Gasteiger partial charge in [-0.05, 0) is 55.4 Å². The number of carbonyl (C=O) groups excluding carboxylic acids is 1. The quantitative estimate of drug-likeness (QED) is 0.705. The van der Waals surface area contributed by atoms with Crippen molar-refractivity contribution in [3.05, 3.63) is 29.8 Å². The first-order valence-electron chi connectivity index (χ1n) is 8.88. The third-order valence-electron chi connectivity index (χ3n) is 4.23. The fraction of sp³-hybridized carbons (Fsp3) is 0.550. The second-order valence-electron chi connectivity index (χ2n) is 6.66. The number of carbonyl (C=O) groups is 1. The molecule has 0 atom stereocenters. The lowest BCUT2D eigenvalue weighted by atomic mass is 10.1. The van der Waals surface area contributed by atoms with E-state index in [1.165, 1.54) is 6.42 Å². The molecular formula is C20H29NO3. The summed E-state index contributed by atoms with van der Waals surface area (Å²) in [5, 5.41) is 0. The average molecular weight is 331 g/mol. The number of amides is 1. The van der Waals surface area contributed by atoms with Crippen molar-refractivity contribution in [1.29, 1.82) is 0 Å².